The van der Waals surface area contributed by atoms with Crippen LogP contribution in [0.25, 0.3) is 0 Å². The number of anilines is 1. The lowest BCUT2D eigenvalue weighted by Crippen LogP contribution is -2.23. The van der Waals surface area contributed by atoms with Gasteiger partial charge in [0.1, 0.15) is 6.54 Å². The minimum absolute atomic E-state index is 0.0492. The van der Waals surface area contributed by atoms with E-state index in [2.05, 4.69) is 15.3 Å². The molecule has 7 nitrogen and oxygen atoms in total. The standard InChI is InChI=1S/C23H26N4O3S/c1-14-6-7-15(2)19(8-14)26-22(29)12-27-11-21(30-5)20(28)10-18(27)13-31-23-24-16(3)9-17(4)25-23/h6-11H,12-13H2,1-5H3,(H,26,29). The number of carbonyl (C=O) groups is 1. The number of hydrogen-bond donors (Lipinski definition) is 1. The predicted molar refractivity (Wildman–Crippen MR) is 123 cm³/mol. The molecule has 162 valence electrons. The molecule has 8 heteroatoms. The van der Waals surface area contributed by atoms with E-state index in [0.717, 1.165) is 28.2 Å². The summed E-state index contributed by atoms with van der Waals surface area (Å²) in [5.74, 6) is 0.447. The number of carbonyl (C=O) groups excluding carboxylic acids is 1. The lowest BCUT2D eigenvalue weighted by molar-refractivity contribution is -0.116. The second-order valence-electron chi connectivity index (χ2n) is 7.41. The number of amides is 1. The average molecular weight is 439 g/mol. The van der Waals surface area contributed by atoms with E-state index in [1.54, 1.807) is 10.8 Å². The lowest BCUT2D eigenvalue weighted by atomic mass is 10.1. The van der Waals surface area contributed by atoms with Crippen molar-refractivity contribution in [1.82, 2.24) is 14.5 Å². The lowest BCUT2D eigenvalue weighted by Gasteiger charge is -2.15. The van der Waals surface area contributed by atoms with Crippen LogP contribution in [0.3, 0.4) is 0 Å². The summed E-state index contributed by atoms with van der Waals surface area (Å²) in [4.78, 5) is 33.9. The number of thioether (sulfide) groups is 1. The van der Waals surface area contributed by atoms with E-state index in [-0.39, 0.29) is 23.6 Å². The summed E-state index contributed by atoms with van der Waals surface area (Å²) in [6.45, 7) is 7.81. The molecule has 0 saturated heterocycles. The molecule has 1 N–H and O–H groups in total. The Morgan fingerprint density at radius 3 is 2.48 bits per heavy atom. The third kappa shape index (κ3) is 5.95. The second kappa shape index (κ2) is 9.78. The smallest absolute Gasteiger partial charge is 0.244 e. The highest BCUT2D eigenvalue weighted by molar-refractivity contribution is 7.98. The highest BCUT2D eigenvalue weighted by Crippen LogP contribution is 2.21. The number of aryl methyl sites for hydroxylation is 4. The van der Waals surface area contributed by atoms with Crippen LogP contribution in [-0.4, -0.2) is 27.6 Å². The molecule has 1 amide bonds. The van der Waals surface area contributed by atoms with E-state index in [9.17, 15) is 9.59 Å². The average Bonchev–Trinajstić information content (AvgIpc) is 2.70. The zero-order chi connectivity index (χ0) is 22.5. The van der Waals surface area contributed by atoms with Gasteiger partial charge in [-0.15, -0.1) is 0 Å². The minimum Gasteiger partial charge on any atom is -0.491 e. The number of nitrogens with zero attached hydrogens (tertiary/aromatic N) is 3. The number of aromatic nitrogens is 3. The molecule has 0 atom stereocenters. The molecule has 31 heavy (non-hydrogen) atoms. The van der Waals surface area contributed by atoms with Crippen molar-refractivity contribution in [3.05, 3.63) is 75.0 Å². The number of methoxy groups -OCH3 is 1. The van der Waals surface area contributed by atoms with E-state index >= 15 is 0 Å². The fourth-order valence-electron chi connectivity index (χ4n) is 3.13. The quantitative estimate of drug-likeness (QED) is 0.446. The molecular weight excluding hydrogens is 412 g/mol. The van der Waals surface area contributed by atoms with E-state index in [1.165, 1.54) is 24.9 Å². The van der Waals surface area contributed by atoms with Crippen LogP contribution in [0.15, 0.2) is 46.5 Å². The molecular formula is C23H26N4O3S. The molecule has 0 radical (unpaired) electrons. The SMILES string of the molecule is COc1cn(CC(=O)Nc2cc(C)ccc2C)c(CSc2nc(C)cc(C)n2)cc1=O. The molecule has 0 aliphatic rings. The van der Waals surface area contributed by atoms with Crippen LogP contribution in [0, 0.1) is 27.7 Å². The normalized spacial score (nSPS) is 10.7. The van der Waals surface area contributed by atoms with Gasteiger partial charge in [-0.25, -0.2) is 9.97 Å². The highest BCUT2D eigenvalue weighted by atomic mass is 32.2. The summed E-state index contributed by atoms with van der Waals surface area (Å²) < 4.78 is 6.91. The van der Waals surface area contributed by atoms with Crippen molar-refractivity contribution < 1.29 is 9.53 Å². The predicted octanol–water partition coefficient (Wildman–Crippen LogP) is 3.81. The third-order valence-corrected chi connectivity index (χ3v) is 5.58. The Bertz CT molecular complexity index is 1150. The van der Waals surface area contributed by atoms with Crippen LogP contribution in [-0.2, 0) is 17.1 Å². The Morgan fingerprint density at radius 1 is 1.10 bits per heavy atom. The van der Waals surface area contributed by atoms with E-state index < -0.39 is 0 Å². The van der Waals surface area contributed by atoms with Gasteiger partial charge >= 0.3 is 0 Å². The Hall–Kier alpha value is -3.13. The maximum absolute atomic E-state index is 12.8. The number of hydrogen-bond acceptors (Lipinski definition) is 6. The van der Waals surface area contributed by atoms with Gasteiger partial charge in [-0.3, -0.25) is 9.59 Å². The fraction of sp³-hybridized carbons (Fsp3) is 0.304. The number of pyridine rings is 1. The summed E-state index contributed by atoms with van der Waals surface area (Å²) in [6, 6.07) is 9.32. The van der Waals surface area contributed by atoms with Crippen LogP contribution < -0.4 is 15.5 Å². The zero-order valence-corrected chi connectivity index (χ0v) is 19.2. The molecule has 3 rings (SSSR count). The fourth-order valence-corrected chi connectivity index (χ4v) is 4.07. The number of nitrogens with one attached hydrogen (secondary N) is 1. The first-order valence-electron chi connectivity index (χ1n) is 9.84. The Labute approximate surface area is 185 Å². The summed E-state index contributed by atoms with van der Waals surface area (Å²) in [7, 11) is 1.44. The maximum atomic E-state index is 12.8. The molecule has 0 aliphatic carbocycles. The first-order valence-corrected chi connectivity index (χ1v) is 10.8. The Kier molecular flexibility index (Phi) is 7.12. The Morgan fingerprint density at radius 2 is 1.81 bits per heavy atom. The van der Waals surface area contributed by atoms with Gasteiger partial charge in [0.05, 0.1) is 13.3 Å². The van der Waals surface area contributed by atoms with Crippen LogP contribution in [0.5, 0.6) is 5.75 Å². The Balaban J connectivity index is 1.83. The van der Waals surface area contributed by atoms with Crippen LogP contribution in [0.2, 0.25) is 0 Å². The van der Waals surface area contributed by atoms with Crippen molar-refractivity contribution in [3.63, 3.8) is 0 Å². The van der Waals surface area contributed by atoms with Crippen molar-refractivity contribution in [2.45, 2.75) is 45.1 Å². The van der Waals surface area contributed by atoms with Gasteiger partial charge in [0.25, 0.3) is 0 Å². The van der Waals surface area contributed by atoms with Crippen molar-refractivity contribution in [2.24, 2.45) is 0 Å². The molecule has 3 aromatic rings. The van der Waals surface area contributed by atoms with Gasteiger partial charge in [0.15, 0.2) is 10.9 Å². The van der Waals surface area contributed by atoms with Gasteiger partial charge in [0, 0.05) is 34.6 Å². The first kappa shape index (κ1) is 22.6. The first-order chi connectivity index (χ1) is 14.7. The molecule has 0 aliphatic heterocycles. The van der Waals surface area contributed by atoms with Gasteiger partial charge in [-0.2, -0.15) is 0 Å². The largest absolute Gasteiger partial charge is 0.491 e. The van der Waals surface area contributed by atoms with Crippen LogP contribution in [0.4, 0.5) is 5.69 Å². The topological polar surface area (TPSA) is 86.1 Å². The molecule has 0 saturated carbocycles. The van der Waals surface area contributed by atoms with Crippen molar-refractivity contribution >= 4 is 23.4 Å². The van der Waals surface area contributed by atoms with Crippen molar-refractivity contribution in [2.75, 3.05) is 12.4 Å². The van der Waals surface area contributed by atoms with Gasteiger partial charge in [0.2, 0.25) is 11.3 Å². The number of rotatable bonds is 7. The molecule has 0 fully saturated rings. The second-order valence-corrected chi connectivity index (χ2v) is 8.36. The number of benzene rings is 1. The zero-order valence-electron chi connectivity index (χ0n) is 18.4. The molecule has 0 bridgehead atoms. The molecule has 2 aromatic heterocycles. The third-order valence-electron chi connectivity index (χ3n) is 4.69. The minimum atomic E-state index is -0.231. The maximum Gasteiger partial charge on any atom is 0.244 e. The van der Waals surface area contributed by atoms with E-state index in [4.69, 9.17) is 4.74 Å². The molecule has 0 unspecified atom stereocenters. The van der Waals surface area contributed by atoms with Crippen LogP contribution in [0.1, 0.15) is 28.2 Å². The molecule has 1 aromatic carbocycles. The van der Waals surface area contributed by atoms with Gasteiger partial charge < -0.3 is 14.6 Å². The van der Waals surface area contributed by atoms with Crippen LogP contribution >= 0.6 is 11.8 Å². The summed E-state index contributed by atoms with van der Waals surface area (Å²) >= 11 is 1.42. The van der Waals surface area contributed by atoms with E-state index in [0.29, 0.717) is 16.6 Å². The summed E-state index contributed by atoms with van der Waals surface area (Å²) in [5.41, 5.74) is 5.05. The van der Waals surface area contributed by atoms with Crippen molar-refractivity contribution in [1.29, 1.82) is 0 Å². The van der Waals surface area contributed by atoms with Crippen molar-refractivity contribution in [3.8, 4) is 5.75 Å². The summed E-state index contributed by atoms with van der Waals surface area (Å²) in [5, 5.41) is 3.59. The molecule has 2 heterocycles. The summed E-state index contributed by atoms with van der Waals surface area (Å²) in [6.07, 6.45) is 1.57. The van der Waals surface area contributed by atoms with Gasteiger partial charge in [-0.05, 0) is 51.0 Å². The van der Waals surface area contributed by atoms with E-state index in [1.807, 2.05) is 52.0 Å². The monoisotopic (exact) mass is 438 g/mol. The highest BCUT2D eigenvalue weighted by Gasteiger charge is 2.13. The molecule has 0 spiro atoms. The number of ether oxygens (including phenoxy) is 1. The van der Waals surface area contributed by atoms with Gasteiger partial charge in [-0.1, -0.05) is 23.9 Å².